The number of carbonyl (C=O) groups excluding carboxylic acids is 1. The minimum Gasteiger partial charge on any atom is -0.508 e. The van der Waals surface area contributed by atoms with Gasteiger partial charge in [0.25, 0.3) is 0 Å². The normalized spacial score (nSPS) is 12.3. The quantitative estimate of drug-likeness (QED) is 0.842. The summed E-state index contributed by atoms with van der Waals surface area (Å²) in [6.45, 7) is 1.96. The maximum atomic E-state index is 10.8. The van der Waals surface area contributed by atoms with Crippen LogP contribution in [0.15, 0.2) is 52.7 Å². The van der Waals surface area contributed by atoms with Crippen molar-refractivity contribution in [2.24, 2.45) is 16.0 Å². The smallest absolute Gasteiger partial charge is 0.356 e. The summed E-state index contributed by atoms with van der Waals surface area (Å²) < 4.78 is 5.13. The third kappa shape index (κ3) is 3.41. The molecule has 0 spiro atoms. The number of benzene rings is 2. The Labute approximate surface area is 128 Å². The summed E-state index contributed by atoms with van der Waals surface area (Å²) in [6, 6.07) is 11.9. The van der Waals surface area contributed by atoms with Gasteiger partial charge in [-0.2, -0.15) is 0 Å². The van der Waals surface area contributed by atoms with E-state index in [2.05, 4.69) is 10.2 Å². The molecule has 2 amide bonds. The Morgan fingerprint density at radius 1 is 1.27 bits per heavy atom. The van der Waals surface area contributed by atoms with E-state index in [9.17, 15) is 9.90 Å². The number of primary amides is 1. The fourth-order valence-electron chi connectivity index (χ4n) is 2.19. The van der Waals surface area contributed by atoms with Crippen molar-refractivity contribution < 1.29 is 14.6 Å². The molecule has 0 aliphatic carbocycles. The minimum absolute atomic E-state index is 0.0605. The Balaban J connectivity index is 2.48. The zero-order chi connectivity index (χ0) is 16.1. The summed E-state index contributed by atoms with van der Waals surface area (Å²) in [5.74, 6) is 0.340. The Bertz CT molecular complexity index is 699. The highest BCUT2D eigenvalue weighted by atomic mass is 16.5. The zero-order valence-electron chi connectivity index (χ0n) is 12.4. The van der Waals surface area contributed by atoms with E-state index in [0.29, 0.717) is 17.0 Å². The molecule has 0 fully saturated rings. The molecule has 3 N–H and O–H groups in total. The molecule has 6 nitrogen and oxygen atoms in total. The number of hydrogen-bond donors (Lipinski definition) is 2. The van der Waals surface area contributed by atoms with Gasteiger partial charge in [-0.15, -0.1) is 5.11 Å². The Morgan fingerprint density at radius 3 is 2.55 bits per heavy atom. The van der Waals surface area contributed by atoms with Crippen LogP contribution < -0.4 is 10.5 Å². The Hall–Kier alpha value is -2.89. The van der Waals surface area contributed by atoms with E-state index in [-0.39, 0.29) is 11.7 Å². The number of rotatable bonds is 4. The maximum Gasteiger partial charge on any atom is 0.356 e. The molecule has 2 rings (SSSR count). The van der Waals surface area contributed by atoms with Crippen molar-refractivity contribution in [1.82, 2.24) is 0 Å². The second-order valence-electron chi connectivity index (χ2n) is 4.75. The van der Waals surface area contributed by atoms with Gasteiger partial charge in [0.1, 0.15) is 17.2 Å². The second kappa shape index (κ2) is 6.71. The van der Waals surface area contributed by atoms with E-state index in [1.807, 2.05) is 37.3 Å². The predicted octanol–water partition coefficient (Wildman–Crippen LogP) is 3.72. The highest BCUT2D eigenvalue weighted by Crippen LogP contribution is 2.39. The average molecular weight is 299 g/mol. The van der Waals surface area contributed by atoms with Crippen LogP contribution in [-0.2, 0) is 0 Å². The number of hydrogen-bond acceptors (Lipinski definition) is 4. The average Bonchev–Trinajstić information content (AvgIpc) is 2.53. The lowest BCUT2D eigenvalue weighted by Gasteiger charge is -2.16. The largest absolute Gasteiger partial charge is 0.508 e. The van der Waals surface area contributed by atoms with Gasteiger partial charge in [0.05, 0.1) is 7.11 Å². The van der Waals surface area contributed by atoms with Crippen LogP contribution in [0, 0.1) is 0 Å². The van der Waals surface area contributed by atoms with Crippen molar-refractivity contribution in [3.8, 4) is 11.5 Å². The van der Waals surface area contributed by atoms with Crippen LogP contribution in [0.3, 0.4) is 0 Å². The van der Waals surface area contributed by atoms with Crippen molar-refractivity contribution >= 4 is 11.7 Å². The van der Waals surface area contributed by atoms with Crippen molar-refractivity contribution in [2.45, 2.75) is 12.8 Å². The molecule has 0 aliphatic rings. The van der Waals surface area contributed by atoms with E-state index in [0.717, 1.165) is 5.56 Å². The minimum atomic E-state index is -0.896. The van der Waals surface area contributed by atoms with Gasteiger partial charge in [0, 0.05) is 17.5 Å². The molecule has 0 unspecified atom stereocenters. The number of urea groups is 1. The summed E-state index contributed by atoms with van der Waals surface area (Å²) >= 11 is 0. The molecule has 1 atom stereocenters. The van der Waals surface area contributed by atoms with Crippen LogP contribution in [0.4, 0.5) is 10.5 Å². The highest BCUT2D eigenvalue weighted by molar-refractivity contribution is 5.72. The van der Waals surface area contributed by atoms with Gasteiger partial charge in [0.15, 0.2) is 0 Å². The summed E-state index contributed by atoms with van der Waals surface area (Å²) in [5, 5.41) is 17.3. The molecule has 0 aliphatic heterocycles. The van der Waals surface area contributed by atoms with Gasteiger partial charge in [-0.25, -0.2) is 4.79 Å². The van der Waals surface area contributed by atoms with Crippen LogP contribution in [-0.4, -0.2) is 18.2 Å². The lowest BCUT2D eigenvalue weighted by molar-refractivity contribution is 0.255. The molecule has 0 saturated carbocycles. The van der Waals surface area contributed by atoms with Crippen LogP contribution in [0.2, 0.25) is 0 Å². The molecule has 2 aromatic carbocycles. The second-order valence-corrected chi connectivity index (χ2v) is 4.75. The van der Waals surface area contributed by atoms with Gasteiger partial charge >= 0.3 is 6.03 Å². The van der Waals surface area contributed by atoms with Crippen molar-refractivity contribution in [3.05, 3.63) is 53.6 Å². The Morgan fingerprint density at radius 2 is 1.95 bits per heavy atom. The first-order valence-corrected chi connectivity index (χ1v) is 6.70. The van der Waals surface area contributed by atoms with Crippen LogP contribution in [0.1, 0.15) is 24.0 Å². The monoisotopic (exact) mass is 299 g/mol. The predicted molar refractivity (Wildman–Crippen MR) is 82.7 cm³/mol. The van der Waals surface area contributed by atoms with Crippen molar-refractivity contribution in [1.29, 1.82) is 0 Å². The molecule has 6 heteroatoms. The van der Waals surface area contributed by atoms with E-state index in [4.69, 9.17) is 10.5 Å². The molecule has 114 valence electrons. The molecule has 0 saturated heterocycles. The molecule has 0 radical (unpaired) electrons. The number of nitrogens with two attached hydrogens (primary N) is 1. The van der Waals surface area contributed by atoms with Crippen molar-refractivity contribution in [3.63, 3.8) is 0 Å². The number of amides is 2. The standard InChI is InChI=1S/C16H17N3O3/c1-10(11-6-4-3-5-7-11)12-8-13(18-19-16(17)21)15(22-2)9-14(12)20/h3-10,20H,1-2H3,(H2,17,21)/t10-/m1/s1. The van der Waals surface area contributed by atoms with Gasteiger partial charge in [0.2, 0.25) is 0 Å². The fraction of sp³-hybridized carbons (Fsp3) is 0.188. The van der Waals surface area contributed by atoms with Crippen LogP contribution in [0.5, 0.6) is 11.5 Å². The third-order valence-electron chi connectivity index (χ3n) is 3.35. The molecule has 0 heterocycles. The van der Waals surface area contributed by atoms with E-state index < -0.39 is 6.03 Å². The van der Waals surface area contributed by atoms with E-state index in [1.165, 1.54) is 13.2 Å². The topological polar surface area (TPSA) is 97.3 Å². The van der Waals surface area contributed by atoms with Crippen LogP contribution in [0.25, 0.3) is 0 Å². The van der Waals surface area contributed by atoms with Crippen molar-refractivity contribution in [2.75, 3.05) is 7.11 Å². The number of azo groups is 1. The van der Waals surface area contributed by atoms with E-state index in [1.54, 1.807) is 6.07 Å². The molecular weight excluding hydrogens is 282 g/mol. The summed E-state index contributed by atoms with van der Waals surface area (Å²) in [6.07, 6.45) is 0. The zero-order valence-corrected chi connectivity index (χ0v) is 12.4. The third-order valence-corrected chi connectivity index (χ3v) is 3.35. The van der Waals surface area contributed by atoms with Gasteiger partial charge in [-0.3, -0.25) is 0 Å². The molecule has 0 aromatic heterocycles. The van der Waals surface area contributed by atoms with Gasteiger partial charge in [-0.1, -0.05) is 42.4 Å². The van der Waals surface area contributed by atoms with Gasteiger partial charge < -0.3 is 15.6 Å². The lowest BCUT2D eigenvalue weighted by Crippen LogP contribution is -2.02. The lowest BCUT2D eigenvalue weighted by atomic mass is 9.92. The number of phenols is 1. The highest BCUT2D eigenvalue weighted by Gasteiger charge is 2.16. The van der Waals surface area contributed by atoms with E-state index >= 15 is 0 Å². The maximum absolute atomic E-state index is 10.8. The summed E-state index contributed by atoms with van der Waals surface area (Å²) in [7, 11) is 1.44. The number of methoxy groups -OCH3 is 1. The van der Waals surface area contributed by atoms with Gasteiger partial charge in [-0.05, 0) is 11.6 Å². The molecule has 0 bridgehead atoms. The number of ether oxygens (including phenoxy) is 1. The first-order valence-electron chi connectivity index (χ1n) is 6.70. The fourth-order valence-corrected chi connectivity index (χ4v) is 2.19. The number of aromatic hydroxyl groups is 1. The summed E-state index contributed by atoms with van der Waals surface area (Å²) in [5.41, 5.74) is 6.99. The summed E-state index contributed by atoms with van der Waals surface area (Å²) in [4.78, 5) is 10.8. The number of carbonyl (C=O) groups is 1. The van der Waals surface area contributed by atoms with Crippen LogP contribution >= 0.6 is 0 Å². The first-order chi connectivity index (χ1) is 10.5. The Kier molecular flexibility index (Phi) is 4.73. The number of phenolic OH excluding ortho intramolecular Hbond substituents is 1. The first kappa shape index (κ1) is 15.5. The number of nitrogens with zero attached hydrogens (tertiary/aromatic N) is 2. The molecule has 22 heavy (non-hydrogen) atoms. The molecular formula is C16H17N3O3. The molecule has 2 aromatic rings. The SMILES string of the molecule is COc1cc(O)c([C@H](C)c2ccccc2)cc1N=NC(N)=O.